The maximum absolute atomic E-state index is 13.3. The van der Waals surface area contributed by atoms with Gasteiger partial charge in [0.2, 0.25) is 5.91 Å². The van der Waals surface area contributed by atoms with E-state index in [0.717, 1.165) is 57.5 Å². The van der Waals surface area contributed by atoms with Crippen LogP contribution >= 0.6 is 0 Å². The van der Waals surface area contributed by atoms with Crippen molar-refractivity contribution in [1.82, 2.24) is 14.7 Å². The zero-order valence-corrected chi connectivity index (χ0v) is 18.8. The standard InChI is InChI=1S/C27H33N3O2/c31-26(19-5-2-1-3-6-19)28-12-11-20-13-21(9-10-22(20)14-28)27(32)30-17-23-15-29(16-24(23)18-30)25-7-4-8-25/h4,7-10,13,19,23-24H,1-3,5-6,11-12,14-18H2. The van der Waals surface area contributed by atoms with Crippen LogP contribution in [0.5, 0.6) is 0 Å². The third-order valence-corrected chi connectivity index (χ3v) is 8.40. The van der Waals surface area contributed by atoms with Crippen molar-refractivity contribution in [2.24, 2.45) is 17.8 Å². The molecule has 0 bridgehead atoms. The fourth-order valence-electron chi connectivity index (χ4n) is 6.43. The topological polar surface area (TPSA) is 43.9 Å². The second kappa shape index (κ2) is 8.09. The highest BCUT2D eigenvalue weighted by Gasteiger charge is 2.42. The lowest BCUT2D eigenvalue weighted by atomic mass is 9.87. The van der Waals surface area contributed by atoms with E-state index >= 15 is 0 Å². The Morgan fingerprint density at radius 1 is 0.875 bits per heavy atom. The Labute approximate surface area is 190 Å². The van der Waals surface area contributed by atoms with E-state index in [-0.39, 0.29) is 11.8 Å². The highest BCUT2D eigenvalue weighted by atomic mass is 16.2. The second-order valence-corrected chi connectivity index (χ2v) is 10.4. The Morgan fingerprint density at radius 3 is 2.31 bits per heavy atom. The Kier molecular flexibility index (Phi) is 5.08. The summed E-state index contributed by atoms with van der Waals surface area (Å²) in [5.41, 5.74) is 4.63. The first-order chi connectivity index (χ1) is 15.7. The van der Waals surface area contributed by atoms with Gasteiger partial charge in [-0.2, -0.15) is 0 Å². The quantitative estimate of drug-likeness (QED) is 0.734. The highest BCUT2D eigenvalue weighted by Crippen LogP contribution is 2.35. The van der Waals surface area contributed by atoms with Crippen LogP contribution in [0.1, 0.15) is 53.6 Å². The molecule has 2 saturated heterocycles. The van der Waals surface area contributed by atoms with Crippen molar-refractivity contribution in [1.29, 1.82) is 0 Å². The number of hydrogen-bond acceptors (Lipinski definition) is 3. The SMILES string of the molecule is O=C(c1ccc2c(c1)CCN(C(=O)C1CCCCC1)C2)N1CC2CN(C3=CC=C3)CC2C1. The minimum absolute atomic E-state index is 0.178. The van der Waals surface area contributed by atoms with Gasteiger partial charge < -0.3 is 14.7 Å². The average Bonchev–Trinajstić information content (AvgIpc) is 3.36. The lowest BCUT2D eigenvalue weighted by molar-refractivity contribution is -0.137. The predicted molar refractivity (Wildman–Crippen MR) is 124 cm³/mol. The van der Waals surface area contributed by atoms with Gasteiger partial charge in [0, 0.05) is 68.3 Å². The summed E-state index contributed by atoms with van der Waals surface area (Å²) in [7, 11) is 0. The number of amides is 2. The number of rotatable bonds is 3. The zero-order chi connectivity index (χ0) is 21.7. The van der Waals surface area contributed by atoms with Crippen LogP contribution in [-0.4, -0.2) is 59.2 Å². The maximum atomic E-state index is 13.3. The first-order valence-corrected chi connectivity index (χ1v) is 12.5. The van der Waals surface area contributed by atoms with E-state index in [0.29, 0.717) is 24.3 Å². The molecule has 3 heterocycles. The smallest absolute Gasteiger partial charge is 0.253 e. The minimum Gasteiger partial charge on any atom is -0.371 e. The number of nitrogens with zero attached hydrogens (tertiary/aromatic N) is 3. The summed E-state index contributed by atoms with van der Waals surface area (Å²) in [6.07, 6.45) is 13.1. The van der Waals surface area contributed by atoms with Crippen LogP contribution in [0.4, 0.5) is 0 Å². The van der Waals surface area contributed by atoms with Crippen molar-refractivity contribution in [3.05, 3.63) is 58.8 Å². The van der Waals surface area contributed by atoms with Crippen LogP contribution in [-0.2, 0) is 17.8 Å². The Bertz CT molecular complexity index is 977. The van der Waals surface area contributed by atoms with Gasteiger partial charge in [-0.25, -0.2) is 0 Å². The van der Waals surface area contributed by atoms with Crippen molar-refractivity contribution < 1.29 is 9.59 Å². The summed E-state index contributed by atoms with van der Waals surface area (Å²) < 4.78 is 0. The van der Waals surface area contributed by atoms with Crippen molar-refractivity contribution in [2.75, 3.05) is 32.7 Å². The third-order valence-electron chi connectivity index (χ3n) is 8.40. The Hall–Kier alpha value is -2.56. The van der Waals surface area contributed by atoms with Gasteiger partial charge in [0.05, 0.1) is 0 Å². The van der Waals surface area contributed by atoms with Gasteiger partial charge in [-0.3, -0.25) is 9.59 Å². The molecular weight excluding hydrogens is 398 g/mol. The van der Waals surface area contributed by atoms with Crippen LogP contribution in [0.15, 0.2) is 42.1 Å². The molecule has 2 unspecified atom stereocenters. The number of fused-ring (bicyclic) bond motifs is 2. The molecule has 1 aromatic carbocycles. The number of hydrogen-bond donors (Lipinski definition) is 0. The maximum Gasteiger partial charge on any atom is 0.253 e. The molecule has 2 aliphatic carbocycles. The molecular formula is C27H33N3O2. The summed E-state index contributed by atoms with van der Waals surface area (Å²) in [4.78, 5) is 32.8. The average molecular weight is 432 g/mol. The van der Waals surface area contributed by atoms with Crippen LogP contribution in [0, 0.1) is 17.8 Å². The number of benzene rings is 1. The van der Waals surface area contributed by atoms with E-state index < -0.39 is 0 Å². The second-order valence-electron chi connectivity index (χ2n) is 10.4. The molecule has 5 nitrogen and oxygen atoms in total. The first-order valence-electron chi connectivity index (χ1n) is 12.5. The largest absolute Gasteiger partial charge is 0.371 e. The van der Waals surface area contributed by atoms with Gasteiger partial charge in [-0.1, -0.05) is 31.4 Å². The fourth-order valence-corrected chi connectivity index (χ4v) is 6.43. The Balaban J connectivity index is 1.09. The van der Waals surface area contributed by atoms with E-state index in [4.69, 9.17) is 0 Å². The first kappa shape index (κ1) is 20.1. The van der Waals surface area contributed by atoms with E-state index in [1.165, 1.54) is 36.1 Å². The Morgan fingerprint density at radius 2 is 1.62 bits per heavy atom. The summed E-state index contributed by atoms with van der Waals surface area (Å²) >= 11 is 0. The highest BCUT2D eigenvalue weighted by molar-refractivity contribution is 5.94. The van der Waals surface area contributed by atoms with Crippen molar-refractivity contribution in [2.45, 2.75) is 45.1 Å². The molecule has 0 N–H and O–H groups in total. The van der Waals surface area contributed by atoms with Crippen LogP contribution in [0.25, 0.3) is 0 Å². The van der Waals surface area contributed by atoms with Gasteiger partial charge in [-0.15, -0.1) is 0 Å². The molecule has 0 radical (unpaired) electrons. The summed E-state index contributed by atoms with van der Waals surface area (Å²) in [6, 6.07) is 6.18. The fraction of sp³-hybridized carbons (Fsp3) is 0.556. The van der Waals surface area contributed by atoms with Crippen molar-refractivity contribution in [3.63, 3.8) is 0 Å². The van der Waals surface area contributed by atoms with Crippen LogP contribution < -0.4 is 0 Å². The van der Waals surface area contributed by atoms with Gasteiger partial charge >= 0.3 is 0 Å². The summed E-state index contributed by atoms with van der Waals surface area (Å²) in [6.45, 7) is 5.37. The third kappa shape index (κ3) is 3.56. The molecule has 5 heteroatoms. The molecule has 168 valence electrons. The van der Waals surface area contributed by atoms with Gasteiger partial charge in [0.1, 0.15) is 0 Å². The molecule has 6 rings (SSSR count). The summed E-state index contributed by atoms with van der Waals surface area (Å²) in [5.74, 6) is 1.93. The lowest BCUT2D eigenvalue weighted by Gasteiger charge is -2.33. The number of allylic oxidation sites excluding steroid dienone is 3. The molecule has 32 heavy (non-hydrogen) atoms. The van der Waals surface area contributed by atoms with Crippen LogP contribution in [0.3, 0.4) is 0 Å². The monoisotopic (exact) mass is 431 g/mol. The van der Waals surface area contributed by atoms with Crippen molar-refractivity contribution in [3.8, 4) is 0 Å². The van der Waals surface area contributed by atoms with E-state index in [1.54, 1.807) is 0 Å². The predicted octanol–water partition coefficient (Wildman–Crippen LogP) is 3.61. The lowest BCUT2D eigenvalue weighted by Crippen LogP contribution is -2.40. The molecule has 3 fully saturated rings. The van der Waals surface area contributed by atoms with E-state index in [1.807, 2.05) is 6.07 Å². The molecule has 0 aromatic heterocycles. The molecule has 1 saturated carbocycles. The summed E-state index contributed by atoms with van der Waals surface area (Å²) in [5, 5.41) is 0. The van der Waals surface area contributed by atoms with Gasteiger partial charge in [-0.05, 0) is 54.7 Å². The van der Waals surface area contributed by atoms with Crippen LogP contribution in [0.2, 0.25) is 0 Å². The van der Waals surface area contributed by atoms with Gasteiger partial charge in [0.25, 0.3) is 5.91 Å². The minimum atomic E-state index is 0.178. The molecule has 1 aromatic rings. The molecule has 0 spiro atoms. The molecule has 2 amide bonds. The van der Waals surface area contributed by atoms with Crippen molar-refractivity contribution >= 4 is 11.8 Å². The van der Waals surface area contributed by atoms with E-state index in [2.05, 4.69) is 45.1 Å². The zero-order valence-electron chi connectivity index (χ0n) is 18.8. The normalized spacial score (nSPS) is 27.1. The van der Waals surface area contributed by atoms with Gasteiger partial charge in [0.15, 0.2) is 0 Å². The molecule has 2 atom stereocenters. The number of carbonyl (C=O) groups excluding carboxylic acids is 2. The molecule has 3 aliphatic heterocycles. The molecule has 5 aliphatic rings. The number of likely N-dealkylation sites (tertiary alicyclic amines) is 2. The number of carbonyl (C=O) groups is 2. The van der Waals surface area contributed by atoms with E-state index in [9.17, 15) is 9.59 Å².